The van der Waals surface area contributed by atoms with E-state index in [9.17, 15) is 9.59 Å². The summed E-state index contributed by atoms with van der Waals surface area (Å²) in [6, 6.07) is 8.70. The fraction of sp³-hybridized carbons (Fsp3) is 0.680. The summed E-state index contributed by atoms with van der Waals surface area (Å²) in [5.41, 5.74) is 1.30. The molecule has 1 atom stereocenters. The largest absolute Gasteiger partial charge is 0.342 e. The summed E-state index contributed by atoms with van der Waals surface area (Å²) in [6.45, 7) is 5.37. The highest BCUT2D eigenvalue weighted by molar-refractivity contribution is 8.00. The van der Waals surface area contributed by atoms with E-state index in [1.807, 2.05) is 16.7 Å². The van der Waals surface area contributed by atoms with E-state index in [1.165, 1.54) is 42.6 Å². The standard InChI is InChI=1S/C25H36N2O2S/c1-19-6-5-9-23(16-19)30-22-12-14-26(15-13-22)25(29)21-10-11-24(28)27(18-21)17-20-7-3-2-4-8-20/h5-6,9,16,20-22H,2-4,7-8,10-15,17-18H2,1H3/t21-/m0/s1. The Morgan fingerprint density at radius 3 is 2.57 bits per heavy atom. The zero-order valence-electron chi connectivity index (χ0n) is 18.4. The number of thioether (sulfide) groups is 1. The Morgan fingerprint density at radius 1 is 1.07 bits per heavy atom. The molecule has 1 aromatic rings. The van der Waals surface area contributed by atoms with E-state index in [-0.39, 0.29) is 17.7 Å². The molecule has 1 saturated carbocycles. The number of likely N-dealkylation sites (tertiary alicyclic amines) is 2. The molecule has 4 nitrogen and oxygen atoms in total. The number of rotatable bonds is 5. The first-order valence-electron chi connectivity index (χ1n) is 11.9. The Hall–Kier alpha value is -1.49. The van der Waals surface area contributed by atoms with Gasteiger partial charge in [0.2, 0.25) is 11.8 Å². The summed E-state index contributed by atoms with van der Waals surface area (Å²) in [7, 11) is 0. The van der Waals surface area contributed by atoms with Crippen molar-refractivity contribution in [2.45, 2.75) is 74.9 Å². The van der Waals surface area contributed by atoms with Gasteiger partial charge in [-0.25, -0.2) is 0 Å². The van der Waals surface area contributed by atoms with Gasteiger partial charge in [0.1, 0.15) is 0 Å². The van der Waals surface area contributed by atoms with Gasteiger partial charge in [-0.3, -0.25) is 9.59 Å². The van der Waals surface area contributed by atoms with Crippen LogP contribution in [0.5, 0.6) is 0 Å². The Labute approximate surface area is 185 Å². The molecule has 1 aromatic carbocycles. The lowest BCUT2D eigenvalue weighted by Crippen LogP contribution is -2.50. The van der Waals surface area contributed by atoms with E-state index < -0.39 is 0 Å². The molecule has 2 aliphatic heterocycles. The molecule has 2 amide bonds. The minimum Gasteiger partial charge on any atom is -0.342 e. The van der Waals surface area contributed by atoms with Crippen molar-refractivity contribution in [3.05, 3.63) is 29.8 Å². The minimum atomic E-state index is 0.00673. The third kappa shape index (κ3) is 5.60. The molecule has 3 aliphatic rings. The Bertz CT molecular complexity index is 738. The number of hydrogen-bond acceptors (Lipinski definition) is 3. The molecule has 0 unspecified atom stereocenters. The van der Waals surface area contributed by atoms with Crippen molar-refractivity contribution in [2.24, 2.45) is 11.8 Å². The summed E-state index contributed by atoms with van der Waals surface area (Å²) in [6.07, 6.45) is 9.81. The van der Waals surface area contributed by atoms with Gasteiger partial charge < -0.3 is 9.80 Å². The zero-order valence-corrected chi connectivity index (χ0v) is 19.2. The predicted octanol–water partition coefficient (Wildman–Crippen LogP) is 4.90. The van der Waals surface area contributed by atoms with Gasteiger partial charge in [-0.1, -0.05) is 37.0 Å². The number of nitrogens with zero attached hydrogens (tertiary/aromatic N) is 2. The van der Waals surface area contributed by atoms with Gasteiger partial charge in [0.25, 0.3) is 0 Å². The van der Waals surface area contributed by atoms with Crippen molar-refractivity contribution in [1.82, 2.24) is 9.80 Å². The lowest BCUT2D eigenvalue weighted by molar-refractivity contribution is -0.144. The van der Waals surface area contributed by atoms with Crippen molar-refractivity contribution in [3.8, 4) is 0 Å². The number of piperidine rings is 2. The molecule has 4 rings (SSSR count). The Kier molecular flexibility index (Phi) is 7.40. The lowest BCUT2D eigenvalue weighted by Gasteiger charge is -2.39. The molecule has 0 N–H and O–H groups in total. The number of amides is 2. The van der Waals surface area contributed by atoms with Crippen LogP contribution in [0.25, 0.3) is 0 Å². The number of aryl methyl sites for hydroxylation is 1. The number of hydrogen-bond donors (Lipinski definition) is 0. The third-order valence-electron chi connectivity index (χ3n) is 7.10. The molecule has 0 bridgehead atoms. The normalized spacial score (nSPS) is 24.3. The van der Waals surface area contributed by atoms with Crippen molar-refractivity contribution < 1.29 is 9.59 Å². The molecule has 5 heteroatoms. The van der Waals surface area contributed by atoms with Gasteiger partial charge in [-0.15, -0.1) is 11.8 Å². The first-order valence-corrected chi connectivity index (χ1v) is 12.8. The van der Waals surface area contributed by atoms with Gasteiger partial charge in [-0.05, 0) is 57.1 Å². The van der Waals surface area contributed by atoms with E-state index in [0.717, 1.165) is 38.9 Å². The lowest BCUT2D eigenvalue weighted by atomic mass is 9.87. The van der Waals surface area contributed by atoms with Crippen LogP contribution in [0.1, 0.15) is 63.4 Å². The predicted molar refractivity (Wildman–Crippen MR) is 123 cm³/mol. The zero-order chi connectivity index (χ0) is 20.9. The molecule has 0 spiro atoms. The number of benzene rings is 1. The molecule has 0 radical (unpaired) electrons. The van der Waals surface area contributed by atoms with Crippen LogP contribution in [0.4, 0.5) is 0 Å². The maximum Gasteiger partial charge on any atom is 0.227 e. The third-order valence-corrected chi connectivity index (χ3v) is 8.43. The summed E-state index contributed by atoms with van der Waals surface area (Å²) in [4.78, 5) is 31.1. The quantitative estimate of drug-likeness (QED) is 0.670. The van der Waals surface area contributed by atoms with Crippen LogP contribution in [0, 0.1) is 18.8 Å². The van der Waals surface area contributed by atoms with Gasteiger partial charge in [0, 0.05) is 42.7 Å². The van der Waals surface area contributed by atoms with Crippen molar-refractivity contribution in [2.75, 3.05) is 26.2 Å². The minimum absolute atomic E-state index is 0.00673. The van der Waals surface area contributed by atoms with Crippen LogP contribution < -0.4 is 0 Å². The fourth-order valence-corrected chi connectivity index (χ4v) is 6.55. The summed E-state index contributed by atoms with van der Waals surface area (Å²) in [5, 5.41) is 0.589. The van der Waals surface area contributed by atoms with Crippen LogP contribution in [-0.4, -0.2) is 53.0 Å². The molecular weight excluding hydrogens is 392 g/mol. The molecular formula is C25H36N2O2S. The number of carbonyl (C=O) groups excluding carboxylic acids is 2. The molecule has 164 valence electrons. The SMILES string of the molecule is Cc1cccc(SC2CCN(C(=O)[C@H]3CCC(=O)N(CC4CCCCC4)C3)CC2)c1. The summed E-state index contributed by atoms with van der Waals surface area (Å²) >= 11 is 1.96. The molecule has 0 aromatic heterocycles. The second kappa shape index (κ2) is 10.2. The van der Waals surface area contributed by atoms with E-state index in [0.29, 0.717) is 24.1 Å². The maximum absolute atomic E-state index is 13.2. The van der Waals surface area contributed by atoms with Crippen molar-refractivity contribution in [3.63, 3.8) is 0 Å². The topological polar surface area (TPSA) is 40.6 Å². The van der Waals surface area contributed by atoms with E-state index >= 15 is 0 Å². The van der Waals surface area contributed by atoms with Gasteiger partial charge >= 0.3 is 0 Å². The number of carbonyl (C=O) groups is 2. The first-order chi connectivity index (χ1) is 14.6. The highest BCUT2D eigenvalue weighted by atomic mass is 32.2. The van der Waals surface area contributed by atoms with Gasteiger partial charge in [-0.2, -0.15) is 0 Å². The van der Waals surface area contributed by atoms with E-state index in [2.05, 4.69) is 36.1 Å². The van der Waals surface area contributed by atoms with Crippen LogP contribution >= 0.6 is 11.8 Å². The average Bonchev–Trinajstić information content (AvgIpc) is 2.76. The highest BCUT2D eigenvalue weighted by Crippen LogP contribution is 2.32. The first kappa shape index (κ1) is 21.7. The van der Waals surface area contributed by atoms with Gasteiger partial charge in [0.15, 0.2) is 0 Å². The summed E-state index contributed by atoms with van der Waals surface area (Å²) in [5.74, 6) is 1.20. The highest BCUT2D eigenvalue weighted by Gasteiger charge is 2.35. The molecule has 2 saturated heterocycles. The second-order valence-corrected chi connectivity index (χ2v) is 10.9. The van der Waals surface area contributed by atoms with Crippen LogP contribution in [0.3, 0.4) is 0 Å². The Morgan fingerprint density at radius 2 is 1.83 bits per heavy atom. The molecule has 2 heterocycles. The average molecular weight is 429 g/mol. The van der Waals surface area contributed by atoms with Crippen LogP contribution in [0.15, 0.2) is 29.2 Å². The van der Waals surface area contributed by atoms with Crippen molar-refractivity contribution in [1.29, 1.82) is 0 Å². The Balaban J connectivity index is 1.26. The van der Waals surface area contributed by atoms with Crippen LogP contribution in [-0.2, 0) is 9.59 Å². The van der Waals surface area contributed by atoms with Crippen molar-refractivity contribution >= 4 is 23.6 Å². The molecule has 30 heavy (non-hydrogen) atoms. The molecule has 3 fully saturated rings. The van der Waals surface area contributed by atoms with Crippen LogP contribution in [0.2, 0.25) is 0 Å². The maximum atomic E-state index is 13.2. The van der Waals surface area contributed by atoms with E-state index in [4.69, 9.17) is 0 Å². The second-order valence-electron chi connectivity index (χ2n) is 9.50. The monoisotopic (exact) mass is 428 g/mol. The van der Waals surface area contributed by atoms with Gasteiger partial charge in [0.05, 0.1) is 5.92 Å². The smallest absolute Gasteiger partial charge is 0.227 e. The fourth-order valence-electron chi connectivity index (χ4n) is 5.31. The summed E-state index contributed by atoms with van der Waals surface area (Å²) < 4.78 is 0. The van der Waals surface area contributed by atoms with E-state index in [1.54, 1.807) is 0 Å². The molecule has 1 aliphatic carbocycles.